The number of hydrogen-bond acceptors (Lipinski definition) is 1. The van der Waals surface area contributed by atoms with Crippen molar-refractivity contribution >= 4 is 0 Å². The van der Waals surface area contributed by atoms with Crippen molar-refractivity contribution < 1.29 is 9.50 Å². The molecule has 2 heteroatoms. The Kier molecular flexibility index (Phi) is 2.12. The molecule has 1 aromatic carbocycles. The maximum Gasteiger partial charge on any atom is 0.123 e. The summed E-state index contributed by atoms with van der Waals surface area (Å²) in [5, 5.41) is 10.6. The van der Waals surface area contributed by atoms with Gasteiger partial charge in [0.2, 0.25) is 0 Å². The van der Waals surface area contributed by atoms with Crippen LogP contribution in [0.15, 0.2) is 18.2 Å². The van der Waals surface area contributed by atoms with E-state index in [-0.39, 0.29) is 5.82 Å². The Balaban J connectivity index is 1.98. The van der Waals surface area contributed by atoms with Gasteiger partial charge in [-0.25, -0.2) is 4.39 Å². The van der Waals surface area contributed by atoms with Gasteiger partial charge >= 0.3 is 0 Å². The fourth-order valence-corrected chi connectivity index (χ4v) is 3.49. The van der Waals surface area contributed by atoms with Crippen LogP contribution in [0.1, 0.15) is 36.8 Å². The molecule has 0 saturated heterocycles. The molecule has 0 aliphatic heterocycles. The van der Waals surface area contributed by atoms with Gasteiger partial charge in [-0.3, -0.25) is 0 Å². The Hall–Kier alpha value is -0.890. The lowest BCUT2D eigenvalue weighted by atomic mass is 10.0. The Bertz CT molecular complexity index is 394. The quantitative estimate of drug-likeness (QED) is 0.771. The van der Waals surface area contributed by atoms with Gasteiger partial charge in [-0.2, -0.15) is 0 Å². The summed E-state index contributed by atoms with van der Waals surface area (Å²) in [6, 6.07) is 4.95. The molecule has 2 aliphatic carbocycles. The molecule has 0 spiro atoms. The topological polar surface area (TPSA) is 20.2 Å². The van der Waals surface area contributed by atoms with E-state index < -0.39 is 5.60 Å². The molecular weight excluding hydrogens is 203 g/mol. The lowest BCUT2D eigenvalue weighted by molar-refractivity contribution is 0.117. The summed E-state index contributed by atoms with van der Waals surface area (Å²) < 4.78 is 13.4. The highest BCUT2D eigenvalue weighted by Gasteiger charge is 2.64. The number of hydrogen-bond donors (Lipinski definition) is 1. The fraction of sp³-hybridized carbons (Fsp3) is 0.571. The number of aryl methyl sites for hydroxylation is 1. The van der Waals surface area contributed by atoms with Crippen LogP contribution >= 0.6 is 0 Å². The van der Waals surface area contributed by atoms with Crippen molar-refractivity contribution in [1.82, 2.24) is 0 Å². The average molecular weight is 220 g/mol. The molecule has 0 aromatic heterocycles. The Morgan fingerprint density at radius 1 is 1.19 bits per heavy atom. The summed E-state index contributed by atoms with van der Waals surface area (Å²) in [5.74, 6) is 0.525. The van der Waals surface area contributed by atoms with E-state index in [4.69, 9.17) is 0 Å². The van der Waals surface area contributed by atoms with Gasteiger partial charge in [-0.15, -0.1) is 0 Å². The molecule has 1 aromatic rings. The highest BCUT2D eigenvalue weighted by molar-refractivity contribution is 5.36. The van der Waals surface area contributed by atoms with Crippen LogP contribution in [0.5, 0.6) is 0 Å². The van der Waals surface area contributed by atoms with Gasteiger partial charge in [-0.1, -0.05) is 18.9 Å². The van der Waals surface area contributed by atoms with Crippen molar-refractivity contribution in [3.05, 3.63) is 35.1 Å². The summed E-state index contributed by atoms with van der Waals surface area (Å²) in [6.45, 7) is 1.88. The Morgan fingerprint density at radius 3 is 2.38 bits per heavy atom. The lowest BCUT2D eigenvalue weighted by Crippen LogP contribution is -2.11. The molecular formula is C14H17FO. The second kappa shape index (κ2) is 3.30. The van der Waals surface area contributed by atoms with Crippen molar-refractivity contribution in [2.75, 3.05) is 0 Å². The first-order valence-electron chi connectivity index (χ1n) is 6.12. The van der Waals surface area contributed by atoms with Crippen molar-refractivity contribution in [2.45, 2.75) is 38.2 Å². The number of aliphatic hydroxyl groups is 1. The molecule has 2 aliphatic rings. The minimum Gasteiger partial charge on any atom is -0.385 e. The smallest absolute Gasteiger partial charge is 0.123 e. The maximum atomic E-state index is 13.4. The van der Waals surface area contributed by atoms with Gasteiger partial charge in [0.05, 0.1) is 5.60 Å². The minimum atomic E-state index is -0.719. The molecule has 2 unspecified atom stereocenters. The molecule has 2 fully saturated rings. The monoisotopic (exact) mass is 220 g/mol. The van der Waals surface area contributed by atoms with Crippen LogP contribution < -0.4 is 0 Å². The van der Waals surface area contributed by atoms with E-state index in [9.17, 15) is 9.50 Å². The molecule has 0 bridgehead atoms. The Labute approximate surface area is 95.3 Å². The van der Waals surface area contributed by atoms with Crippen LogP contribution in [0.2, 0.25) is 0 Å². The van der Waals surface area contributed by atoms with Crippen LogP contribution in [0, 0.1) is 24.6 Å². The zero-order valence-electron chi connectivity index (χ0n) is 9.54. The highest BCUT2D eigenvalue weighted by Crippen LogP contribution is 2.64. The summed E-state index contributed by atoms with van der Waals surface area (Å²) in [5.41, 5.74) is 0.970. The standard InChI is InChI=1S/C14H17FO/c1-9-6-10(8-11(15)7-9)14(16)12-4-2-3-5-13(12)14/h6-8,12-13,16H,2-5H2,1H3. The van der Waals surface area contributed by atoms with Crippen molar-refractivity contribution in [3.8, 4) is 0 Å². The molecule has 0 heterocycles. The van der Waals surface area contributed by atoms with Gasteiger partial charge in [-0.05, 0) is 54.9 Å². The van der Waals surface area contributed by atoms with Crippen LogP contribution in [0.4, 0.5) is 4.39 Å². The predicted molar refractivity (Wildman–Crippen MR) is 60.5 cm³/mol. The second-order valence-electron chi connectivity index (χ2n) is 5.34. The summed E-state index contributed by atoms with van der Waals surface area (Å²) in [6.07, 6.45) is 4.60. The van der Waals surface area contributed by atoms with Gasteiger partial charge < -0.3 is 5.11 Å². The molecule has 2 atom stereocenters. The number of rotatable bonds is 1. The van der Waals surface area contributed by atoms with Crippen LogP contribution in [0.3, 0.4) is 0 Å². The van der Waals surface area contributed by atoms with Crippen molar-refractivity contribution in [2.24, 2.45) is 11.8 Å². The third-order valence-corrected chi connectivity index (χ3v) is 4.29. The first-order valence-corrected chi connectivity index (χ1v) is 6.12. The van der Waals surface area contributed by atoms with Crippen molar-refractivity contribution in [1.29, 1.82) is 0 Å². The van der Waals surface area contributed by atoms with Gasteiger partial charge in [0.1, 0.15) is 5.82 Å². The number of halogens is 1. The summed E-state index contributed by atoms with van der Waals surface area (Å²) in [4.78, 5) is 0. The number of fused-ring (bicyclic) bond motifs is 1. The van der Waals surface area contributed by atoms with E-state index >= 15 is 0 Å². The normalized spacial score (nSPS) is 36.9. The van der Waals surface area contributed by atoms with Crippen LogP contribution in [0.25, 0.3) is 0 Å². The highest BCUT2D eigenvalue weighted by atomic mass is 19.1. The van der Waals surface area contributed by atoms with Crippen LogP contribution in [-0.2, 0) is 5.60 Å². The maximum absolute atomic E-state index is 13.4. The zero-order chi connectivity index (χ0) is 11.3. The van der Waals surface area contributed by atoms with E-state index in [1.54, 1.807) is 0 Å². The third-order valence-electron chi connectivity index (χ3n) is 4.29. The molecule has 86 valence electrons. The molecule has 0 amide bonds. The first-order chi connectivity index (χ1) is 7.62. The molecule has 1 nitrogen and oxygen atoms in total. The summed E-state index contributed by atoms with van der Waals surface area (Å²) in [7, 11) is 0. The van der Waals surface area contributed by atoms with Gasteiger partial charge in [0.15, 0.2) is 0 Å². The molecule has 1 N–H and O–H groups in total. The predicted octanol–water partition coefficient (Wildman–Crippen LogP) is 3.14. The third kappa shape index (κ3) is 1.32. The van der Waals surface area contributed by atoms with E-state index in [0.29, 0.717) is 11.8 Å². The van der Waals surface area contributed by atoms with Gasteiger partial charge in [0, 0.05) is 0 Å². The first kappa shape index (κ1) is 10.3. The molecule has 16 heavy (non-hydrogen) atoms. The second-order valence-corrected chi connectivity index (χ2v) is 5.34. The van der Waals surface area contributed by atoms with E-state index in [1.165, 1.54) is 25.0 Å². The van der Waals surface area contributed by atoms with E-state index in [1.807, 2.05) is 13.0 Å². The Morgan fingerprint density at radius 2 is 1.81 bits per heavy atom. The van der Waals surface area contributed by atoms with E-state index in [2.05, 4.69) is 0 Å². The SMILES string of the molecule is Cc1cc(F)cc(C2(O)C3CCCCC32)c1. The fourth-order valence-electron chi connectivity index (χ4n) is 3.49. The molecule has 0 radical (unpaired) electrons. The molecule has 2 saturated carbocycles. The van der Waals surface area contributed by atoms with E-state index in [0.717, 1.165) is 24.0 Å². The van der Waals surface area contributed by atoms with Crippen molar-refractivity contribution in [3.63, 3.8) is 0 Å². The zero-order valence-corrected chi connectivity index (χ0v) is 9.54. The summed E-state index contributed by atoms with van der Waals surface area (Å²) >= 11 is 0. The van der Waals surface area contributed by atoms with Crippen LogP contribution in [-0.4, -0.2) is 5.11 Å². The average Bonchev–Trinajstić information content (AvgIpc) is 2.86. The lowest BCUT2D eigenvalue weighted by Gasteiger charge is -2.12. The minimum absolute atomic E-state index is 0.230. The largest absolute Gasteiger partial charge is 0.385 e. The number of benzene rings is 1. The van der Waals surface area contributed by atoms with Gasteiger partial charge in [0.25, 0.3) is 0 Å². The molecule has 3 rings (SSSR count).